The summed E-state index contributed by atoms with van der Waals surface area (Å²) in [5.74, 6) is -1.28. The molecule has 1 aliphatic carbocycles. The van der Waals surface area contributed by atoms with Crippen LogP contribution in [-0.4, -0.2) is 24.8 Å². The van der Waals surface area contributed by atoms with Crippen LogP contribution in [0.1, 0.15) is 32.3 Å². The molecule has 0 bridgehead atoms. The Morgan fingerprint density at radius 3 is 2.84 bits per heavy atom. The van der Waals surface area contributed by atoms with E-state index in [1.165, 1.54) is 0 Å². The Morgan fingerprint density at radius 1 is 1.40 bits per heavy atom. The molecule has 0 radical (unpaired) electrons. The number of nitrogens with one attached hydrogen (secondary N) is 1. The van der Waals surface area contributed by atoms with Crippen LogP contribution in [0.5, 0.6) is 0 Å². The number of amides is 1. The molecular formula is C20H23NO4. The summed E-state index contributed by atoms with van der Waals surface area (Å²) < 4.78 is 5.07. The van der Waals surface area contributed by atoms with E-state index in [-0.39, 0.29) is 30.1 Å². The Hall–Kier alpha value is -2.43. The summed E-state index contributed by atoms with van der Waals surface area (Å²) in [6, 6.07) is 7.61. The molecule has 25 heavy (non-hydrogen) atoms. The number of ether oxygens (including phenoxy) is 1. The molecule has 1 N–H and O–H groups in total. The Labute approximate surface area is 147 Å². The monoisotopic (exact) mass is 341 g/mol. The summed E-state index contributed by atoms with van der Waals surface area (Å²) in [5, 5.41) is 2.96. The van der Waals surface area contributed by atoms with Gasteiger partial charge in [-0.3, -0.25) is 9.59 Å². The maximum atomic E-state index is 13.0. The van der Waals surface area contributed by atoms with Gasteiger partial charge in [-0.2, -0.15) is 0 Å². The molecule has 3 rings (SSSR count). The molecule has 1 heterocycles. The van der Waals surface area contributed by atoms with Gasteiger partial charge in [-0.05, 0) is 37.8 Å². The van der Waals surface area contributed by atoms with Crippen molar-refractivity contribution in [2.24, 2.45) is 17.8 Å². The van der Waals surface area contributed by atoms with Crippen LogP contribution in [0, 0.1) is 17.8 Å². The average molecular weight is 341 g/mol. The van der Waals surface area contributed by atoms with E-state index in [4.69, 9.17) is 4.74 Å². The zero-order valence-corrected chi connectivity index (χ0v) is 14.5. The van der Waals surface area contributed by atoms with Gasteiger partial charge in [0.15, 0.2) is 0 Å². The minimum Gasteiger partial charge on any atom is -0.466 e. The van der Waals surface area contributed by atoms with Crippen LogP contribution >= 0.6 is 0 Å². The predicted octanol–water partition coefficient (Wildman–Crippen LogP) is 2.86. The number of para-hydroxylation sites is 1. The molecule has 1 aromatic carbocycles. The third-order valence-corrected chi connectivity index (χ3v) is 5.46. The third-order valence-electron chi connectivity index (χ3n) is 5.46. The SMILES string of the molecule is C/C=C/[C@@H]1[C@@H](C=O)[C@H](CC(=O)OCC)C[C@]12C(=O)Nc1ccccc12. The smallest absolute Gasteiger partial charge is 0.306 e. The van der Waals surface area contributed by atoms with Gasteiger partial charge in [0.25, 0.3) is 0 Å². The van der Waals surface area contributed by atoms with Gasteiger partial charge in [0.05, 0.1) is 12.0 Å². The molecule has 0 aromatic heterocycles. The van der Waals surface area contributed by atoms with Crippen molar-refractivity contribution in [2.75, 3.05) is 11.9 Å². The maximum absolute atomic E-state index is 13.0. The van der Waals surface area contributed by atoms with Crippen molar-refractivity contribution in [3.05, 3.63) is 42.0 Å². The Kier molecular flexibility index (Phi) is 4.75. The van der Waals surface area contributed by atoms with E-state index in [2.05, 4.69) is 5.32 Å². The normalized spacial score (nSPS) is 30.5. The van der Waals surface area contributed by atoms with Gasteiger partial charge in [0.1, 0.15) is 6.29 Å². The van der Waals surface area contributed by atoms with Crippen molar-refractivity contribution in [3.8, 4) is 0 Å². The molecule has 0 saturated heterocycles. The molecule has 5 heteroatoms. The highest BCUT2D eigenvalue weighted by molar-refractivity contribution is 6.07. The second kappa shape index (κ2) is 6.82. The summed E-state index contributed by atoms with van der Waals surface area (Å²) in [6.07, 6.45) is 5.34. The molecule has 1 spiro atoms. The fraction of sp³-hybridized carbons (Fsp3) is 0.450. The lowest BCUT2D eigenvalue weighted by Crippen LogP contribution is -2.39. The number of allylic oxidation sites excluding steroid dienone is 2. The lowest BCUT2D eigenvalue weighted by atomic mass is 9.71. The molecule has 1 fully saturated rings. The number of hydrogen-bond acceptors (Lipinski definition) is 4. The van der Waals surface area contributed by atoms with Crippen LogP contribution in [0.25, 0.3) is 0 Å². The number of anilines is 1. The van der Waals surface area contributed by atoms with Crippen LogP contribution < -0.4 is 5.32 Å². The fourth-order valence-corrected chi connectivity index (χ4v) is 4.52. The Morgan fingerprint density at radius 2 is 2.16 bits per heavy atom. The molecule has 5 nitrogen and oxygen atoms in total. The number of fused-ring (bicyclic) bond motifs is 2. The predicted molar refractivity (Wildman–Crippen MR) is 94.0 cm³/mol. The van der Waals surface area contributed by atoms with E-state index in [0.29, 0.717) is 13.0 Å². The Balaban J connectivity index is 2.05. The molecule has 1 amide bonds. The highest BCUT2D eigenvalue weighted by atomic mass is 16.5. The highest BCUT2D eigenvalue weighted by Crippen LogP contribution is 2.57. The van der Waals surface area contributed by atoms with Crippen molar-refractivity contribution in [1.82, 2.24) is 0 Å². The minimum atomic E-state index is -0.800. The molecule has 4 atom stereocenters. The molecule has 2 aliphatic rings. The number of carbonyl (C=O) groups excluding carboxylic acids is 3. The van der Waals surface area contributed by atoms with E-state index in [9.17, 15) is 14.4 Å². The molecule has 1 aliphatic heterocycles. The number of rotatable bonds is 5. The summed E-state index contributed by atoms with van der Waals surface area (Å²) in [7, 11) is 0. The van der Waals surface area contributed by atoms with Crippen molar-refractivity contribution in [3.63, 3.8) is 0 Å². The van der Waals surface area contributed by atoms with Crippen LogP contribution in [0.15, 0.2) is 36.4 Å². The first-order valence-electron chi connectivity index (χ1n) is 8.73. The first kappa shape index (κ1) is 17.4. The summed E-state index contributed by atoms with van der Waals surface area (Å²) >= 11 is 0. The van der Waals surface area contributed by atoms with Crippen molar-refractivity contribution < 1.29 is 19.1 Å². The van der Waals surface area contributed by atoms with Crippen LogP contribution in [0.3, 0.4) is 0 Å². The fourth-order valence-electron chi connectivity index (χ4n) is 4.52. The topological polar surface area (TPSA) is 72.5 Å². The van der Waals surface area contributed by atoms with Crippen molar-refractivity contribution >= 4 is 23.9 Å². The number of hydrogen-bond donors (Lipinski definition) is 1. The van der Waals surface area contributed by atoms with E-state index in [1.54, 1.807) is 6.92 Å². The zero-order valence-electron chi connectivity index (χ0n) is 14.5. The van der Waals surface area contributed by atoms with E-state index in [0.717, 1.165) is 17.5 Å². The maximum Gasteiger partial charge on any atom is 0.306 e. The first-order valence-corrected chi connectivity index (χ1v) is 8.73. The van der Waals surface area contributed by atoms with Gasteiger partial charge in [0.2, 0.25) is 5.91 Å². The van der Waals surface area contributed by atoms with Gasteiger partial charge in [-0.25, -0.2) is 0 Å². The van der Waals surface area contributed by atoms with Crippen molar-refractivity contribution in [1.29, 1.82) is 0 Å². The summed E-state index contributed by atoms with van der Waals surface area (Å²) in [4.78, 5) is 36.9. The minimum absolute atomic E-state index is 0.0880. The van der Waals surface area contributed by atoms with E-state index < -0.39 is 11.3 Å². The summed E-state index contributed by atoms with van der Waals surface area (Å²) in [6.45, 7) is 3.95. The van der Waals surface area contributed by atoms with Crippen LogP contribution in [0.2, 0.25) is 0 Å². The van der Waals surface area contributed by atoms with Gasteiger partial charge >= 0.3 is 5.97 Å². The standard InChI is InChI=1S/C20H23NO4/c1-3-7-15-14(12-22)13(10-18(23)25-4-2)11-20(15)16-8-5-6-9-17(16)21-19(20)24/h3,5-9,12-15H,4,10-11H2,1-2H3,(H,21,24)/b7-3+/t13-,14+,15-,20+/m1/s1. The highest BCUT2D eigenvalue weighted by Gasteiger charge is 2.60. The van der Waals surface area contributed by atoms with Gasteiger partial charge in [0, 0.05) is 23.9 Å². The zero-order chi connectivity index (χ0) is 18.0. The first-order chi connectivity index (χ1) is 12.1. The quantitative estimate of drug-likeness (QED) is 0.508. The number of esters is 1. The van der Waals surface area contributed by atoms with Gasteiger partial charge < -0.3 is 14.8 Å². The summed E-state index contributed by atoms with van der Waals surface area (Å²) in [5.41, 5.74) is 0.913. The lowest BCUT2D eigenvalue weighted by molar-refractivity contribution is -0.144. The second-order valence-corrected chi connectivity index (χ2v) is 6.71. The largest absolute Gasteiger partial charge is 0.466 e. The van der Waals surface area contributed by atoms with E-state index in [1.807, 2.05) is 43.3 Å². The third kappa shape index (κ3) is 2.68. The Bertz CT molecular complexity index is 726. The van der Waals surface area contributed by atoms with Crippen LogP contribution in [0.4, 0.5) is 5.69 Å². The second-order valence-electron chi connectivity index (χ2n) is 6.71. The van der Waals surface area contributed by atoms with E-state index >= 15 is 0 Å². The van der Waals surface area contributed by atoms with Crippen LogP contribution in [-0.2, 0) is 24.5 Å². The molecule has 0 unspecified atom stereocenters. The van der Waals surface area contributed by atoms with Gasteiger partial charge in [-0.15, -0.1) is 0 Å². The molecule has 1 saturated carbocycles. The number of carbonyl (C=O) groups is 3. The molecular weight excluding hydrogens is 318 g/mol. The molecule has 132 valence electrons. The van der Waals surface area contributed by atoms with Crippen molar-refractivity contribution in [2.45, 2.75) is 32.1 Å². The molecule has 1 aromatic rings. The van der Waals surface area contributed by atoms with Gasteiger partial charge in [-0.1, -0.05) is 30.4 Å². The number of benzene rings is 1. The number of aldehydes is 1. The average Bonchev–Trinajstić information content (AvgIpc) is 3.04. The lowest BCUT2D eigenvalue weighted by Gasteiger charge is -2.28.